The van der Waals surface area contributed by atoms with E-state index in [1.807, 2.05) is 26.8 Å². The molecule has 0 fully saturated rings. The fourth-order valence-corrected chi connectivity index (χ4v) is 2.42. The van der Waals surface area contributed by atoms with Crippen molar-refractivity contribution in [2.24, 2.45) is 5.41 Å². The number of methoxy groups -OCH3 is 1. The second-order valence-electron chi connectivity index (χ2n) is 7.24. The van der Waals surface area contributed by atoms with Crippen molar-refractivity contribution in [1.29, 1.82) is 0 Å². The van der Waals surface area contributed by atoms with E-state index in [9.17, 15) is 9.59 Å². The summed E-state index contributed by atoms with van der Waals surface area (Å²) in [6.07, 6.45) is -0.791. The van der Waals surface area contributed by atoms with Crippen LogP contribution in [0.3, 0.4) is 0 Å². The summed E-state index contributed by atoms with van der Waals surface area (Å²) < 4.78 is 10.7. The molecule has 0 spiro atoms. The van der Waals surface area contributed by atoms with Crippen LogP contribution in [-0.2, 0) is 14.3 Å². The minimum Gasteiger partial charge on any atom is -0.497 e. The first-order chi connectivity index (χ1) is 12.3. The fraction of sp³-hybridized carbons (Fsp3) is 0.333. The van der Waals surface area contributed by atoms with Crippen LogP contribution in [0.15, 0.2) is 54.6 Å². The maximum absolute atomic E-state index is 12.8. The fourth-order valence-electron chi connectivity index (χ4n) is 2.42. The van der Waals surface area contributed by atoms with E-state index in [1.54, 1.807) is 55.6 Å². The van der Waals surface area contributed by atoms with E-state index < -0.39 is 18.0 Å². The van der Waals surface area contributed by atoms with E-state index in [0.717, 1.165) is 0 Å². The van der Waals surface area contributed by atoms with Crippen LogP contribution in [0.1, 0.15) is 38.9 Å². The highest BCUT2D eigenvalue weighted by atomic mass is 16.5. The monoisotopic (exact) mass is 355 g/mol. The van der Waals surface area contributed by atoms with Gasteiger partial charge in [0.05, 0.1) is 13.5 Å². The zero-order valence-corrected chi connectivity index (χ0v) is 15.6. The number of rotatable bonds is 6. The number of ether oxygens (including phenoxy) is 2. The lowest BCUT2D eigenvalue weighted by molar-refractivity contribution is -0.156. The standard InChI is InChI=1S/C21H25NO4/c1-21(2,3)14-18(23)26-19(15-9-6-5-7-10-15)20(24)22-16-11-8-12-17(13-16)25-4/h5-13,19H,14H2,1-4H3,(H,22,24)/t19-/m1/s1. The molecule has 5 nitrogen and oxygen atoms in total. The van der Waals surface area contributed by atoms with Gasteiger partial charge >= 0.3 is 5.97 Å². The topological polar surface area (TPSA) is 64.6 Å². The lowest BCUT2D eigenvalue weighted by Gasteiger charge is -2.21. The van der Waals surface area contributed by atoms with E-state index in [2.05, 4.69) is 5.32 Å². The summed E-state index contributed by atoms with van der Waals surface area (Å²) in [5, 5.41) is 2.79. The maximum atomic E-state index is 12.8. The number of anilines is 1. The van der Waals surface area contributed by atoms with Gasteiger partial charge in [-0.25, -0.2) is 0 Å². The van der Waals surface area contributed by atoms with Gasteiger partial charge in [0.1, 0.15) is 5.75 Å². The number of carbonyl (C=O) groups is 2. The molecule has 0 saturated carbocycles. The molecule has 0 bridgehead atoms. The van der Waals surface area contributed by atoms with Crippen LogP contribution in [0.2, 0.25) is 0 Å². The van der Waals surface area contributed by atoms with E-state index in [1.165, 1.54) is 0 Å². The smallest absolute Gasteiger partial charge is 0.307 e. The molecule has 138 valence electrons. The Morgan fingerprint density at radius 2 is 1.73 bits per heavy atom. The van der Waals surface area contributed by atoms with Gasteiger partial charge in [0.15, 0.2) is 0 Å². The van der Waals surface area contributed by atoms with Crippen LogP contribution in [0.4, 0.5) is 5.69 Å². The first-order valence-corrected chi connectivity index (χ1v) is 8.48. The zero-order chi connectivity index (χ0) is 19.2. The summed E-state index contributed by atoms with van der Waals surface area (Å²) in [6, 6.07) is 16.0. The van der Waals surface area contributed by atoms with Crippen LogP contribution in [0.5, 0.6) is 5.75 Å². The van der Waals surface area contributed by atoms with E-state index in [0.29, 0.717) is 17.0 Å². The molecule has 1 amide bonds. The molecule has 0 aliphatic carbocycles. The largest absolute Gasteiger partial charge is 0.497 e. The van der Waals surface area contributed by atoms with Crippen molar-refractivity contribution >= 4 is 17.6 Å². The predicted octanol–water partition coefficient (Wildman–Crippen LogP) is 4.35. The number of nitrogens with one attached hydrogen (secondary N) is 1. The Bertz CT molecular complexity index is 750. The third-order valence-corrected chi connectivity index (χ3v) is 3.60. The molecule has 5 heteroatoms. The second-order valence-corrected chi connectivity index (χ2v) is 7.24. The SMILES string of the molecule is COc1cccc(NC(=O)[C@H](OC(=O)CC(C)(C)C)c2ccccc2)c1. The van der Waals surface area contributed by atoms with Crippen LogP contribution < -0.4 is 10.1 Å². The molecule has 2 aromatic carbocycles. The first-order valence-electron chi connectivity index (χ1n) is 8.48. The van der Waals surface area contributed by atoms with Gasteiger partial charge in [-0.1, -0.05) is 57.2 Å². The first kappa shape index (κ1) is 19.5. The van der Waals surface area contributed by atoms with E-state index >= 15 is 0 Å². The Hall–Kier alpha value is -2.82. The van der Waals surface area contributed by atoms with Crippen LogP contribution in [-0.4, -0.2) is 19.0 Å². The Morgan fingerprint density at radius 1 is 1.04 bits per heavy atom. The Morgan fingerprint density at radius 3 is 2.35 bits per heavy atom. The quantitative estimate of drug-likeness (QED) is 0.782. The lowest BCUT2D eigenvalue weighted by atomic mass is 9.92. The van der Waals surface area contributed by atoms with Gasteiger partial charge in [0.2, 0.25) is 6.10 Å². The van der Waals surface area contributed by atoms with Gasteiger partial charge in [-0.3, -0.25) is 9.59 Å². The molecule has 1 atom stereocenters. The normalized spacial score (nSPS) is 12.2. The molecular weight excluding hydrogens is 330 g/mol. The van der Waals surface area contributed by atoms with Crippen molar-refractivity contribution in [3.8, 4) is 5.75 Å². The van der Waals surface area contributed by atoms with Crippen molar-refractivity contribution in [3.63, 3.8) is 0 Å². The van der Waals surface area contributed by atoms with Crippen molar-refractivity contribution in [3.05, 3.63) is 60.2 Å². The molecular formula is C21H25NO4. The van der Waals surface area contributed by atoms with Gasteiger partial charge in [0, 0.05) is 17.3 Å². The van der Waals surface area contributed by atoms with E-state index in [4.69, 9.17) is 9.47 Å². The van der Waals surface area contributed by atoms with Gasteiger partial charge in [0.25, 0.3) is 5.91 Å². The average molecular weight is 355 g/mol. The molecule has 0 saturated heterocycles. The number of esters is 1. The Balaban J connectivity index is 2.19. The lowest BCUT2D eigenvalue weighted by Crippen LogP contribution is -2.27. The molecule has 0 aromatic heterocycles. The highest BCUT2D eigenvalue weighted by Crippen LogP contribution is 2.25. The summed E-state index contributed by atoms with van der Waals surface area (Å²) in [4.78, 5) is 25.1. The molecule has 26 heavy (non-hydrogen) atoms. The minimum atomic E-state index is -1.02. The van der Waals surface area contributed by atoms with Crippen molar-refractivity contribution in [1.82, 2.24) is 0 Å². The van der Waals surface area contributed by atoms with Crippen molar-refractivity contribution in [2.75, 3.05) is 12.4 Å². The number of carbonyl (C=O) groups excluding carboxylic acids is 2. The summed E-state index contributed by atoms with van der Waals surface area (Å²) in [5.74, 6) is -0.192. The van der Waals surface area contributed by atoms with Crippen molar-refractivity contribution < 1.29 is 19.1 Å². The predicted molar refractivity (Wildman–Crippen MR) is 101 cm³/mol. The van der Waals surface area contributed by atoms with Crippen LogP contribution in [0.25, 0.3) is 0 Å². The highest BCUT2D eigenvalue weighted by Gasteiger charge is 2.27. The second kappa shape index (κ2) is 8.52. The third kappa shape index (κ3) is 5.92. The van der Waals surface area contributed by atoms with Gasteiger partial charge in [-0.15, -0.1) is 0 Å². The number of hydrogen-bond donors (Lipinski definition) is 1. The highest BCUT2D eigenvalue weighted by molar-refractivity contribution is 5.96. The summed E-state index contributed by atoms with van der Waals surface area (Å²) in [7, 11) is 1.56. The van der Waals surface area contributed by atoms with Crippen LogP contribution >= 0.6 is 0 Å². The maximum Gasteiger partial charge on any atom is 0.307 e. The average Bonchev–Trinajstić information content (AvgIpc) is 2.59. The molecule has 0 unspecified atom stereocenters. The summed E-state index contributed by atoms with van der Waals surface area (Å²) >= 11 is 0. The number of hydrogen-bond acceptors (Lipinski definition) is 4. The summed E-state index contributed by atoms with van der Waals surface area (Å²) in [6.45, 7) is 5.84. The third-order valence-electron chi connectivity index (χ3n) is 3.60. The molecule has 2 aromatic rings. The molecule has 2 rings (SSSR count). The van der Waals surface area contributed by atoms with Crippen molar-refractivity contribution in [2.45, 2.75) is 33.3 Å². The Labute approximate surface area is 154 Å². The Kier molecular flexibility index (Phi) is 6.39. The van der Waals surface area contributed by atoms with Gasteiger partial charge in [-0.2, -0.15) is 0 Å². The number of amides is 1. The molecule has 0 aliphatic rings. The minimum absolute atomic E-state index is 0.221. The molecule has 0 radical (unpaired) electrons. The van der Waals surface area contributed by atoms with E-state index in [-0.39, 0.29) is 11.8 Å². The van der Waals surface area contributed by atoms with Gasteiger partial charge < -0.3 is 14.8 Å². The molecule has 0 heterocycles. The van der Waals surface area contributed by atoms with Crippen LogP contribution in [0, 0.1) is 5.41 Å². The summed E-state index contributed by atoms with van der Waals surface area (Å²) in [5.41, 5.74) is 0.971. The van der Waals surface area contributed by atoms with Gasteiger partial charge in [-0.05, 0) is 17.5 Å². The molecule has 1 N–H and O–H groups in total. The zero-order valence-electron chi connectivity index (χ0n) is 15.6. The molecule has 0 aliphatic heterocycles. The number of benzene rings is 2.